The van der Waals surface area contributed by atoms with Crippen LogP contribution in [0.15, 0.2) is 53.7 Å². The molecule has 1 atom stereocenters. The Morgan fingerprint density at radius 2 is 2.10 bits per heavy atom. The van der Waals surface area contributed by atoms with Gasteiger partial charge in [-0.25, -0.2) is 0 Å². The summed E-state index contributed by atoms with van der Waals surface area (Å²) >= 11 is 1.56. The first-order chi connectivity index (χ1) is 10.1. The molecule has 1 aromatic carbocycles. The molecule has 0 bridgehead atoms. The molecule has 0 aliphatic heterocycles. The average Bonchev–Trinajstić information content (AvgIpc) is 2.48. The van der Waals surface area contributed by atoms with Crippen LogP contribution in [0.25, 0.3) is 0 Å². The van der Waals surface area contributed by atoms with Crippen LogP contribution in [0.2, 0.25) is 0 Å². The van der Waals surface area contributed by atoms with Gasteiger partial charge in [-0.05, 0) is 36.6 Å². The van der Waals surface area contributed by atoms with Crippen molar-refractivity contribution >= 4 is 17.7 Å². The van der Waals surface area contributed by atoms with E-state index in [1.54, 1.807) is 24.2 Å². The maximum Gasteiger partial charge on any atom is 0.325 e. The smallest absolute Gasteiger partial charge is 0.325 e. The zero-order valence-electron chi connectivity index (χ0n) is 12.1. The molecule has 21 heavy (non-hydrogen) atoms. The van der Waals surface area contributed by atoms with E-state index in [4.69, 9.17) is 0 Å². The minimum absolute atomic E-state index is 0.535. The number of carboxylic acids is 1. The van der Waals surface area contributed by atoms with Crippen LogP contribution in [-0.4, -0.2) is 34.3 Å². The summed E-state index contributed by atoms with van der Waals surface area (Å²) in [6.07, 6.45) is 5.43. The molecular weight excluding hydrogens is 284 g/mol. The lowest BCUT2D eigenvalue weighted by molar-refractivity contribution is -0.143. The van der Waals surface area contributed by atoms with E-state index >= 15 is 0 Å². The predicted octanol–water partition coefficient (Wildman–Crippen LogP) is 3.06. The topological polar surface area (TPSA) is 53.4 Å². The van der Waals surface area contributed by atoms with E-state index in [-0.39, 0.29) is 0 Å². The molecule has 0 spiro atoms. The first-order valence-electron chi connectivity index (χ1n) is 6.58. The number of hydrogen-bond donors (Lipinski definition) is 1. The molecule has 0 radical (unpaired) electrons. The van der Waals surface area contributed by atoms with E-state index in [9.17, 15) is 9.90 Å². The lowest BCUT2D eigenvalue weighted by Crippen LogP contribution is -2.30. The van der Waals surface area contributed by atoms with Gasteiger partial charge < -0.3 is 5.11 Å². The molecule has 0 saturated carbocycles. The van der Waals surface area contributed by atoms with E-state index in [2.05, 4.69) is 4.98 Å². The number of pyridine rings is 1. The zero-order chi connectivity index (χ0) is 15.2. The molecule has 1 N–H and O–H groups in total. The van der Waals surface area contributed by atoms with Crippen LogP contribution in [-0.2, 0) is 11.3 Å². The second-order valence-corrected chi connectivity index (χ2v) is 5.61. The van der Waals surface area contributed by atoms with Crippen LogP contribution in [0.3, 0.4) is 0 Å². The van der Waals surface area contributed by atoms with Gasteiger partial charge in [-0.1, -0.05) is 24.3 Å². The minimum Gasteiger partial charge on any atom is -0.480 e. The number of aliphatic carboxylic acids is 1. The van der Waals surface area contributed by atoms with Gasteiger partial charge in [-0.15, -0.1) is 11.8 Å². The highest BCUT2D eigenvalue weighted by molar-refractivity contribution is 7.98. The van der Waals surface area contributed by atoms with Crippen molar-refractivity contribution < 1.29 is 9.90 Å². The predicted molar refractivity (Wildman–Crippen MR) is 84.3 cm³/mol. The van der Waals surface area contributed by atoms with E-state index in [0.29, 0.717) is 6.54 Å². The number of hydrogen-bond acceptors (Lipinski definition) is 4. The Balaban J connectivity index is 2.28. The van der Waals surface area contributed by atoms with Gasteiger partial charge in [0.1, 0.15) is 6.04 Å². The molecule has 5 heteroatoms. The van der Waals surface area contributed by atoms with Crippen molar-refractivity contribution in [1.82, 2.24) is 9.88 Å². The van der Waals surface area contributed by atoms with E-state index in [0.717, 1.165) is 16.0 Å². The van der Waals surface area contributed by atoms with Crippen molar-refractivity contribution in [2.75, 3.05) is 13.3 Å². The molecule has 2 rings (SSSR count). The summed E-state index contributed by atoms with van der Waals surface area (Å²) in [4.78, 5) is 18.6. The number of nitrogens with zero attached hydrogens (tertiary/aromatic N) is 2. The summed E-state index contributed by atoms with van der Waals surface area (Å²) in [5.41, 5.74) is 1.82. The Kier molecular flexibility index (Phi) is 5.36. The van der Waals surface area contributed by atoms with Crippen LogP contribution in [0.5, 0.6) is 0 Å². The Hall–Kier alpha value is -1.85. The monoisotopic (exact) mass is 302 g/mol. The molecule has 4 nitrogen and oxygen atoms in total. The van der Waals surface area contributed by atoms with Gasteiger partial charge in [0.25, 0.3) is 0 Å². The third-order valence-corrected chi connectivity index (χ3v) is 4.07. The van der Waals surface area contributed by atoms with Gasteiger partial charge in [-0.2, -0.15) is 0 Å². The van der Waals surface area contributed by atoms with E-state index in [1.165, 1.54) is 0 Å². The van der Waals surface area contributed by atoms with Crippen molar-refractivity contribution in [2.45, 2.75) is 17.5 Å². The van der Waals surface area contributed by atoms with E-state index < -0.39 is 12.0 Å². The third-order valence-electron chi connectivity index (χ3n) is 3.26. The fourth-order valence-electron chi connectivity index (χ4n) is 2.32. The third kappa shape index (κ3) is 3.83. The van der Waals surface area contributed by atoms with Crippen molar-refractivity contribution in [2.24, 2.45) is 0 Å². The van der Waals surface area contributed by atoms with Crippen molar-refractivity contribution in [3.05, 3.63) is 59.9 Å². The second-order valence-electron chi connectivity index (χ2n) is 4.76. The first kappa shape index (κ1) is 15.5. The Labute approximate surface area is 128 Å². The van der Waals surface area contributed by atoms with Crippen LogP contribution in [0.4, 0.5) is 0 Å². The lowest BCUT2D eigenvalue weighted by atomic mass is 10.1. The molecule has 1 aromatic heterocycles. The van der Waals surface area contributed by atoms with Crippen LogP contribution >= 0.6 is 11.8 Å². The summed E-state index contributed by atoms with van der Waals surface area (Å²) in [6, 6.07) is 10.8. The van der Waals surface area contributed by atoms with Gasteiger partial charge in [0.05, 0.1) is 0 Å². The van der Waals surface area contributed by atoms with Crippen molar-refractivity contribution in [3.63, 3.8) is 0 Å². The number of aromatic nitrogens is 1. The number of carboxylic acid groups (broad SMARTS) is 1. The molecule has 1 heterocycles. The molecular formula is C16H18N2O2S. The second kappa shape index (κ2) is 7.24. The molecule has 2 aromatic rings. The molecule has 0 amide bonds. The van der Waals surface area contributed by atoms with Gasteiger partial charge in [0, 0.05) is 23.8 Å². The highest BCUT2D eigenvalue weighted by atomic mass is 32.2. The number of carbonyl (C=O) groups is 1. The normalized spacial score (nSPS) is 12.3. The Bertz CT molecular complexity index is 604. The summed E-state index contributed by atoms with van der Waals surface area (Å²) in [7, 11) is 1.82. The highest BCUT2D eigenvalue weighted by Gasteiger charge is 2.26. The highest BCUT2D eigenvalue weighted by Crippen LogP contribution is 2.30. The maximum absolute atomic E-state index is 11.7. The number of likely N-dealkylation sites (N-methyl/N-ethyl adjacent to an activating group) is 1. The molecule has 0 aliphatic rings. The first-order valence-corrected chi connectivity index (χ1v) is 7.81. The van der Waals surface area contributed by atoms with Gasteiger partial charge >= 0.3 is 5.97 Å². The molecule has 0 fully saturated rings. The lowest BCUT2D eigenvalue weighted by Gasteiger charge is -2.26. The summed E-state index contributed by atoms with van der Waals surface area (Å²) in [5, 5.41) is 9.63. The average molecular weight is 302 g/mol. The van der Waals surface area contributed by atoms with Gasteiger partial charge in [-0.3, -0.25) is 14.7 Å². The van der Waals surface area contributed by atoms with Crippen LogP contribution < -0.4 is 0 Å². The van der Waals surface area contributed by atoms with Gasteiger partial charge in [0.2, 0.25) is 0 Å². The molecule has 110 valence electrons. The number of rotatable bonds is 6. The van der Waals surface area contributed by atoms with Gasteiger partial charge in [0.15, 0.2) is 0 Å². The quantitative estimate of drug-likeness (QED) is 0.831. The van der Waals surface area contributed by atoms with Crippen LogP contribution in [0.1, 0.15) is 17.2 Å². The molecule has 1 unspecified atom stereocenters. The fraction of sp³-hybridized carbons (Fsp3) is 0.250. The van der Waals surface area contributed by atoms with Crippen LogP contribution in [0, 0.1) is 0 Å². The molecule has 0 saturated heterocycles. The standard InChI is InChI=1S/C16H18N2O2S/c1-18(11-12-6-5-9-17-10-12)15(16(19)20)13-7-3-4-8-14(13)21-2/h3-10,15H,11H2,1-2H3,(H,19,20). The van der Waals surface area contributed by atoms with Crippen molar-refractivity contribution in [3.8, 4) is 0 Å². The largest absolute Gasteiger partial charge is 0.480 e. The van der Waals surface area contributed by atoms with E-state index in [1.807, 2.05) is 54.6 Å². The summed E-state index contributed by atoms with van der Waals surface area (Å²) < 4.78 is 0. The fourth-order valence-corrected chi connectivity index (χ4v) is 2.95. The number of thioether (sulfide) groups is 1. The minimum atomic E-state index is -0.845. The van der Waals surface area contributed by atoms with Crippen molar-refractivity contribution in [1.29, 1.82) is 0 Å². The zero-order valence-corrected chi connectivity index (χ0v) is 12.9. The maximum atomic E-state index is 11.7. The Morgan fingerprint density at radius 1 is 1.33 bits per heavy atom. The molecule has 0 aliphatic carbocycles. The summed E-state index contributed by atoms with van der Waals surface area (Å²) in [5.74, 6) is -0.845. The number of benzene rings is 1. The summed E-state index contributed by atoms with van der Waals surface area (Å²) in [6.45, 7) is 0.535. The SMILES string of the molecule is CSc1ccccc1C(C(=O)O)N(C)Cc1cccnc1. The Morgan fingerprint density at radius 3 is 2.71 bits per heavy atom.